The van der Waals surface area contributed by atoms with Crippen molar-refractivity contribution in [1.29, 1.82) is 0 Å². The Morgan fingerprint density at radius 1 is 0.896 bits per heavy atom. The fourth-order valence-corrected chi connectivity index (χ4v) is 7.68. The first kappa shape index (κ1) is 35.0. The van der Waals surface area contributed by atoms with Gasteiger partial charge in [0.05, 0.1) is 17.2 Å². The highest BCUT2D eigenvalue weighted by atomic mass is 35.5. The van der Waals surface area contributed by atoms with E-state index in [0.29, 0.717) is 22.9 Å². The SMILES string of the molecule is CCOc1ccccc1N(CC(=O)N(Cc1cccc(Cl)c1)[C@H](Cc1ccccc1)C(=O)NC1CCCC1)S(=O)(=O)c1ccc(C)cc1. The normalized spacial score (nSPS) is 13.9. The molecule has 0 spiro atoms. The van der Waals surface area contributed by atoms with Crippen LogP contribution in [-0.4, -0.2) is 50.4 Å². The lowest BCUT2D eigenvalue weighted by molar-refractivity contribution is -0.140. The van der Waals surface area contributed by atoms with Crippen molar-refractivity contribution in [1.82, 2.24) is 10.2 Å². The van der Waals surface area contributed by atoms with Crippen molar-refractivity contribution in [2.75, 3.05) is 17.5 Å². The van der Waals surface area contributed by atoms with Crippen LogP contribution < -0.4 is 14.4 Å². The van der Waals surface area contributed by atoms with Crippen LogP contribution in [0.4, 0.5) is 5.69 Å². The lowest BCUT2D eigenvalue weighted by Crippen LogP contribution is -2.54. The van der Waals surface area contributed by atoms with Gasteiger partial charge in [-0.05, 0) is 74.2 Å². The van der Waals surface area contributed by atoms with E-state index >= 15 is 0 Å². The maximum Gasteiger partial charge on any atom is 0.264 e. The zero-order valence-electron chi connectivity index (χ0n) is 27.3. The second kappa shape index (κ2) is 16.2. The van der Waals surface area contributed by atoms with Gasteiger partial charge in [-0.25, -0.2) is 8.42 Å². The molecular formula is C38H42ClN3O5S. The number of nitrogens with one attached hydrogen (secondary N) is 1. The summed E-state index contributed by atoms with van der Waals surface area (Å²) in [7, 11) is -4.26. The van der Waals surface area contributed by atoms with Crippen LogP contribution in [0.5, 0.6) is 5.75 Å². The monoisotopic (exact) mass is 687 g/mol. The van der Waals surface area contributed by atoms with Gasteiger partial charge >= 0.3 is 0 Å². The molecule has 0 bridgehead atoms. The first-order chi connectivity index (χ1) is 23.2. The number of nitrogens with zero attached hydrogens (tertiary/aromatic N) is 2. The van der Waals surface area contributed by atoms with Gasteiger partial charge in [-0.15, -0.1) is 0 Å². The van der Waals surface area contributed by atoms with Crippen LogP contribution in [0.3, 0.4) is 0 Å². The van der Waals surface area contributed by atoms with E-state index in [9.17, 15) is 18.0 Å². The number of amides is 2. The van der Waals surface area contributed by atoms with Gasteiger partial charge in [-0.3, -0.25) is 13.9 Å². The number of sulfonamides is 1. The Balaban J connectivity index is 1.59. The summed E-state index contributed by atoms with van der Waals surface area (Å²) in [5.41, 5.74) is 2.71. The van der Waals surface area contributed by atoms with Crippen LogP contribution in [0, 0.1) is 6.92 Å². The topological polar surface area (TPSA) is 96.0 Å². The van der Waals surface area contributed by atoms with Crippen molar-refractivity contribution >= 4 is 39.1 Å². The van der Waals surface area contributed by atoms with E-state index in [4.69, 9.17) is 16.3 Å². The number of halogens is 1. The van der Waals surface area contributed by atoms with Gasteiger partial charge in [0.1, 0.15) is 18.3 Å². The summed E-state index contributed by atoms with van der Waals surface area (Å²) in [5, 5.41) is 3.68. The molecule has 8 nitrogen and oxygen atoms in total. The Morgan fingerprint density at radius 3 is 2.25 bits per heavy atom. The third-order valence-corrected chi connectivity index (χ3v) is 10.5. The van der Waals surface area contributed by atoms with Crippen LogP contribution in [0.2, 0.25) is 5.02 Å². The Morgan fingerprint density at radius 2 is 1.56 bits per heavy atom. The summed E-state index contributed by atoms with van der Waals surface area (Å²) < 4.78 is 35.7. The number of carbonyl (C=O) groups excluding carboxylic acids is 2. The van der Waals surface area contributed by atoms with Gasteiger partial charge in [0.25, 0.3) is 10.0 Å². The molecule has 4 aromatic rings. The second-order valence-corrected chi connectivity index (χ2v) is 14.4. The van der Waals surface area contributed by atoms with Gasteiger partial charge < -0.3 is 15.0 Å². The highest BCUT2D eigenvalue weighted by Gasteiger charge is 2.36. The van der Waals surface area contributed by atoms with Crippen molar-refractivity contribution in [3.63, 3.8) is 0 Å². The maximum absolute atomic E-state index is 14.8. The van der Waals surface area contributed by atoms with E-state index in [0.717, 1.165) is 41.1 Å². The molecule has 10 heteroatoms. The minimum Gasteiger partial charge on any atom is -0.492 e. The first-order valence-electron chi connectivity index (χ1n) is 16.3. The first-order valence-corrected chi connectivity index (χ1v) is 18.2. The highest BCUT2D eigenvalue weighted by Crippen LogP contribution is 2.33. The number of hydrogen-bond donors (Lipinski definition) is 1. The summed E-state index contributed by atoms with van der Waals surface area (Å²) in [6.07, 6.45) is 4.06. The molecule has 2 amide bonds. The molecule has 0 saturated heterocycles. The van der Waals surface area contributed by atoms with E-state index in [1.165, 1.54) is 17.0 Å². The number of rotatable bonds is 14. The number of hydrogen-bond acceptors (Lipinski definition) is 5. The molecule has 1 fully saturated rings. The number of carbonyl (C=O) groups is 2. The minimum absolute atomic E-state index is 0.0235. The van der Waals surface area contributed by atoms with Crippen LogP contribution in [0.15, 0.2) is 108 Å². The fourth-order valence-electron chi connectivity index (χ4n) is 6.05. The lowest BCUT2D eigenvalue weighted by Gasteiger charge is -2.34. The predicted octanol–water partition coefficient (Wildman–Crippen LogP) is 6.94. The molecule has 1 atom stereocenters. The van der Waals surface area contributed by atoms with Crippen LogP contribution in [0.1, 0.15) is 49.3 Å². The molecule has 0 aromatic heterocycles. The Bertz CT molecular complexity index is 1790. The number of benzene rings is 4. The third kappa shape index (κ3) is 8.76. The molecule has 4 aromatic carbocycles. The summed E-state index contributed by atoms with van der Waals surface area (Å²) >= 11 is 6.36. The van der Waals surface area contributed by atoms with E-state index in [1.54, 1.807) is 54.6 Å². The highest BCUT2D eigenvalue weighted by molar-refractivity contribution is 7.92. The smallest absolute Gasteiger partial charge is 0.264 e. The van der Waals surface area contributed by atoms with E-state index < -0.39 is 28.5 Å². The number of aryl methyl sites for hydroxylation is 1. The molecule has 0 unspecified atom stereocenters. The Kier molecular flexibility index (Phi) is 11.8. The molecular weight excluding hydrogens is 646 g/mol. The summed E-state index contributed by atoms with van der Waals surface area (Å²) in [5.74, 6) is -0.493. The molecule has 48 heavy (non-hydrogen) atoms. The molecule has 1 N–H and O–H groups in total. The maximum atomic E-state index is 14.8. The van der Waals surface area contributed by atoms with E-state index in [2.05, 4.69) is 5.32 Å². The molecule has 0 heterocycles. The fraction of sp³-hybridized carbons (Fsp3) is 0.316. The van der Waals surface area contributed by atoms with Crippen molar-refractivity contribution in [3.8, 4) is 5.75 Å². The minimum atomic E-state index is -4.26. The van der Waals surface area contributed by atoms with Gasteiger partial charge in [0, 0.05) is 24.0 Å². The summed E-state index contributed by atoms with van der Waals surface area (Å²) in [6, 6.07) is 29.0. The van der Waals surface area contributed by atoms with Crippen molar-refractivity contribution in [3.05, 3.63) is 125 Å². The van der Waals surface area contributed by atoms with Crippen LogP contribution in [-0.2, 0) is 32.6 Å². The standard InChI is InChI=1S/C38H42ClN3O5S/c1-3-47-36-19-10-9-18-34(36)42(48(45,46)33-22-20-28(2)21-23-33)27-37(43)41(26-30-14-11-15-31(39)24-30)35(25-29-12-5-4-6-13-29)38(44)40-32-16-7-8-17-32/h4-6,9-15,18-24,32,35H,3,7-8,16-17,25-27H2,1-2H3,(H,40,44)/t35-/m1/s1. The summed E-state index contributed by atoms with van der Waals surface area (Å²) in [6.45, 7) is 3.46. The number of anilines is 1. The molecule has 0 radical (unpaired) electrons. The molecule has 1 aliphatic rings. The van der Waals surface area contributed by atoms with E-state index in [1.807, 2.05) is 50.2 Å². The average molecular weight is 688 g/mol. The zero-order chi connectivity index (χ0) is 34.1. The molecule has 5 rings (SSSR count). The third-order valence-electron chi connectivity index (χ3n) is 8.54. The van der Waals surface area contributed by atoms with Gasteiger partial charge in [-0.1, -0.05) is 96.7 Å². The Labute approximate surface area is 288 Å². The van der Waals surface area contributed by atoms with Crippen LogP contribution in [0.25, 0.3) is 0 Å². The second-order valence-electron chi connectivity index (χ2n) is 12.1. The predicted molar refractivity (Wildman–Crippen MR) is 190 cm³/mol. The number of ether oxygens (including phenoxy) is 1. The van der Waals surface area contributed by atoms with Crippen LogP contribution >= 0.6 is 11.6 Å². The molecule has 252 valence electrons. The lowest BCUT2D eigenvalue weighted by atomic mass is 10.0. The summed E-state index contributed by atoms with van der Waals surface area (Å²) in [4.78, 5) is 30.5. The van der Waals surface area contributed by atoms with Gasteiger partial charge in [0.15, 0.2) is 0 Å². The Hall–Kier alpha value is -4.34. The number of para-hydroxylation sites is 2. The quantitative estimate of drug-likeness (QED) is 0.155. The molecule has 0 aliphatic heterocycles. The van der Waals surface area contributed by atoms with Gasteiger partial charge in [0.2, 0.25) is 11.8 Å². The largest absolute Gasteiger partial charge is 0.492 e. The van der Waals surface area contributed by atoms with Crippen molar-refractivity contribution in [2.45, 2.75) is 69.5 Å². The zero-order valence-corrected chi connectivity index (χ0v) is 28.9. The van der Waals surface area contributed by atoms with E-state index in [-0.39, 0.29) is 35.5 Å². The van der Waals surface area contributed by atoms with Crippen molar-refractivity contribution in [2.24, 2.45) is 0 Å². The average Bonchev–Trinajstić information content (AvgIpc) is 3.59. The molecule has 1 saturated carbocycles. The van der Waals surface area contributed by atoms with Gasteiger partial charge in [-0.2, -0.15) is 0 Å². The molecule has 1 aliphatic carbocycles. The van der Waals surface area contributed by atoms with Crippen molar-refractivity contribution < 1.29 is 22.7 Å².